The van der Waals surface area contributed by atoms with E-state index in [2.05, 4.69) is 20.2 Å². The summed E-state index contributed by atoms with van der Waals surface area (Å²) in [7, 11) is 0. The van der Waals surface area contributed by atoms with Crippen molar-refractivity contribution in [1.29, 1.82) is 0 Å². The van der Waals surface area contributed by atoms with Gasteiger partial charge in [-0.3, -0.25) is 9.36 Å². The van der Waals surface area contributed by atoms with Crippen LogP contribution in [0.1, 0.15) is 25.2 Å². The molecule has 164 valence electrons. The zero-order chi connectivity index (χ0) is 22.4. The number of aromatic nitrogens is 5. The van der Waals surface area contributed by atoms with Gasteiger partial charge in [-0.25, -0.2) is 9.97 Å². The minimum absolute atomic E-state index is 0.225. The highest BCUT2D eigenvalue weighted by Crippen LogP contribution is 2.33. The molecule has 0 N–H and O–H groups in total. The summed E-state index contributed by atoms with van der Waals surface area (Å²) in [6.45, 7) is 3.56. The smallest absolute Gasteiger partial charge is 0.416 e. The van der Waals surface area contributed by atoms with E-state index in [0.29, 0.717) is 11.0 Å². The minimum Gasteiger partial charge on any atom is -0.465 e. The number of nitrogens with zero attached hydrogens (tertiary/aromatic N) is 5. The van der Waals surface area contributed by atoms with Gasteiger partial charge in [-0.1, -0.05) is 29.6 Å². The number of ether oxygens (including phenoxy) is 1. The molecular weight excluding hydrogens is 451 g/mol. The van der Waals surface area contributed by atoms with E-state index in [0.717, 1.165) is 23.9 Å². The second kappa shape index (κ2) is 10.1. The molecule has 0 amide bonds. The lowest BCUT2D eigenvalue weighted by atomic mass is 10.2. The lowest BCUT2D eigenvalue weighted by molar-refractivity contribution is -0.142. The Balaban J connectivity index is 1.96. The van der Waals surface area contributed by atoms with Crippen LogP contribution >= 0.6 is 23.5 Å². The SMILES string of the molecule is CCOC(=O)C(C)Sc1nnc(CSc2ncccn2)n1-c1cccc(C(F)(F)F)c1. The van der Waals surface area contributed by atoms with Crippen molar-refractivity contribution >= 4 is 29.5 Å². The van der Waals surface area contributed by atoms with Crippen molar-refractivity contribution in [3.8, 4) is 5.69 Å². The average Bonchev–Trinajstić information content (AvgIpc) is 3.15. The highest BCUT2D eigenvalue weighted by Gasteiger charge is 2.31. The van der Waals surface area contributed by atoms with Gasteiger partial charge in [-0.2, -0.15) is 13.2 Å². The van der Waals surface area contributed by atoms with Crippen LogP contribution in [0, 0.1) is 0 Å². The topological polar surface area (TPSA) is 82.8 Å². The van der Waals surface area contributed by atoms with E-state index in [4.69, 9.17) is 4.74 Å². The van der Waals surface area contributed by atoms with E-state index in [-0.39, 0.29) is 23.2 Å². The molecular formula is C19H18F3N5O2S2. The summed E-state index contributed by atoms with van der Waals surface area (Å²) in [5, 5.41) is 8.41. The maximum Gasteiger partial charge on any atom is 0.416 e. The number of benzene rings is 1. The van der Waals surface area contributed by atoms with Gasteiger partial charge in [0.2, 0.25) is 0 Å². The van der Waals surface area contributed by atoms with Gasteiger partial charge in [0.05, 0.1) is 23.6 Å². The van der Waals surface area contributed by atoms with Crippen molar-refractivity contribution in [2.24, 2.45) is 0 Å². The van der Waals surface area contributed by atoms with Crippen LogP contribution in [-0.4, -0.2) is 42.6 Å². The quantitative estimate of drug-likeness (QED) is 0.273. The highest BCUT2D eigenvalue weighted by molar-refractivity contribution is 8.00. The van der Waals surface area contributed by atoms with Crippen LogP contribution < -0.4 is 0 Å². The van der Waals surface area contributed by atoms with Crippen LogP contribution in [0.15, 0.2) is 53.0 Å². The summed E-state index contributed by atoms with van der Waals surface area (Å²) in [5.74, 6) is 0.219. The molecule has 2 heterocycles. The van der Waals surface area contributed by atoms with E-state index in [1.807, 2.05) is 0 Å². The molecule has 0 radical (unpaired) electrons. The van der Waals surface area contributed by atoms with E-state index in [1.54, 1.807) is 32.3 Å². The lowest BCUT2D eigenvalue weighted by Gasteiger charge is -2.14. The molecule has 0 fully saturated rings. The number of alkyl halides is 3. The fourth-order valence-electron chi connectivity index (χ4n) is 2.51. The molecule has 0 saturated heterocycles. The number of thioether (sulfide) groups is 2. The Hall–Kier alpha value is -2.60. The Labute approximate surface area is 184 Å². The number of carbonyl (C=O) groups is 1. The van der Waals surface area contributed by atoms with Crippen LogP contribution in [-0.2, 0) is 21.5 Å². The Morgan fingerprint density at radius 1 is 1.19 bits per heavy atom. The maximum absolute atomic E-state index is 13.3. The lowest BCUT2D eigenvalue weighted by Crippen LogP contribution is -2.17. The van der Waals surface area contributed by atoms with Crippen molar-refractivity contribution in [1.82, 2.24) is 24.7 Å². The Morgan fingerprint density at radius 2 is 1.94 bits per heavy atom. The third-order valence-electron chi connectivity index (χ3n) is 3.91. The van der Waals surface area contributed by atoms with Gasteiger partial charge < -0.3 is 4.74 Å². The highest BCUT2D eigenvalue weighted by atomic mass is 32.2. The summed E-state index contributed by atoms with van der Waals surface area (Å²) in [6, 6.07) is 6.55. The predicted molar refractivity (Wildman–Crippen MR) is 110 cm³/mol. The Bertz CT molecular complexity index is 1030. The normalized spacial score (nSPS) is 12.5. The van der Waals surface area contributed by atoms with Crippen LogP contribution in [0.4, 0.5) is 13.2 Å². The molecule has 0 aliphatic carbocycles. The zero-order valence-electron chi connectivity index (χ0n) is 16.5. The van der Waals surface area contributed by atoms with Crippen LogP contribution in [0.5, 0.6) is 0 Å². The van der Waals surface area contributed by atoms with Crippen molar-refractivity contribution in [2.45, 2.75) is 41.3 Å². The molecule has 3 aromatic rings. The van der Waals surface area contributed by atoms with Gasteiger partial charge in [0.15, 0.2) is 10.3 Å². The Kier molecular flexibility index (Phi) is 7.55. The second-order valence-corrected chi connectivity index (χ2v) is 8.36. The van der Waals surface area contributed by atoms with E-state index in [9.17, 15) is 18.0 Å². The number of rotatable bonds is 8. The number of halogens is 3. The standard InChI is InChI=1S/C19H18F3N5O2S2/c1-3-29-16(28)12(2)31-18-26-25-15(11-30-17-23-8-5-9-24-17)27(18)14-7-4-6-13(10-14)19(20,21)22/h4-10,12H,3,11H2,1-2H3. The average molecular weight is 470 g/mol. The van der Waals surface area contributed by atoms with Crippen molar-refractivity contribution in [3.05, 3.63) is 54.1 Å². The molecule has 0 saturated carbocycles. The number of carbonyl (C=O) groups excluding carboxylic acids is 1. The molecule has 0 spiro atoms. The molecule has 2 aromatic heterocycles. The largest absolute Gasteiger partial charge is 0.465 e. The minimum atomic E-state index is -4.50. The molecule has 1 atom stereocenters. The molecule has 31 heavy (non-hydrogen) atoms. The second-order valence-electron chi connectivity index (χ2n) is 6.11. The third-order valence-corrected chi connectivity index (χ3v) is 5.80. The molecule has 1 unspecified atom stereocenters. The fraction of sp³-hybridized carbons (Fsp3) is 0.316. The van der Waals surface area contributed by atoms with Gasteiger partial charge >= 0.3 is 12.1 Å². The fourth-order valence-corrected chi connectivity index (χ4v) is 4.11. The molecule has 0 bridgehead atoms. The molecule has 0 aliphatic rings. The van der Waals surface area contributed by atoms with Crippen molar-refractivity contribution in [2.75, 3.05) is 6.61 Å². The van der Waals surface area contributed by atoms with Crippen molar-refractivity contribution < 1.29 is 22.7 Å². The summed E-state index contributed by atoms with van der Waals surface area (Å²) in [5.41, 5.74) is -0.555. The van der Waals surface area contributed by atoms with E-state index < -0.39 is 23.0 Å². The van der Waals surface area contributed by atoms with Crippen LogP contribution in [0.2, 0.25) is 0 Å². The summed E-state index contributed by atoms with van der Waals surface area (Å²) >= 11 is 2.33. The molecule has 0 aliphatic heterocycles. The van der Waals surface area contributed by atoms with Crippen molar-refractivity contribution in [3.63, 3.8) is 0 Å². The van der Waals surface area contributed by atoms with Gasteiger partial charge in [-0.05, 0) is 38.1 Å². The predicted octanol–water partition coefficient (Wildman–Crippen LogP) is 4.41. The first-order valence-electron chi connectivity index (χ1n) is 9.14. The number of esters is 1. The monoisotopic (exact) mass is 469 g/mol. The first-order valence-corrected chi connectivity index (χ1v) is 11.0. The molecule has 7 nitrogen and oxygen atoms in total. The van der Waals surface area contributed by atoms with Gasteiger partial charge in [0, 0.05) is 12.4 Å². The van der Waals surface area contributed by atoms with Crippen LogP contribution in [0.25, 0.3) is 5.69 Å². The molecule has 1 aromatic carbocycles. The maximum atomic E-state index is 13.3. The zero-order valence-corrected chi connectivity index (χ0v) is 18.2. The third kappa shape index (κ3) is 5.97. The first kappa shape index (κ1) is 23.1. The van der Waals surface area contributed by atoms with Crippen LogP contribution in [0.3, 0.4) is 0 Å². The molecule has 3 rings (SSSR count). The van der Waals surface area contributed by atoms with Gasteiger partial charge in [-0.15, -0.1) is 10.2 Å². The van der Waals surface area contributed by atoms with E-state index in [1.165, 1.54) is 28.5 Å². The first-order chi connectivity index (χ1) is 14.8. The van der Waals surface area contributed by atoms with Gasteiger partial charge in [0.25, 0.3) is 0 Å². The Morgan fingerprint density at radius 3 is 2.61 bits per heavy atom. The number of hydrogen-bond donors (Lipinski definition) is 0. The molecule has 12 heteroatoms. The summed E-state index contributed by atoms with van der Waals surface area (Å²) in [4.78, 5) is 20.3. The number of hydrogen-bond acceptors (Lipinski definition) is 8. The van der Waals surface area contributed by atoms with E-state index >= 15 is 0 Å². The summed E-state index contributed by atoms with van der Waals surface area (Å²) in [6.07, 6.45) is -1.31. The summed E-state index contributed by atoms with van der Waals surface area (Å²) < 4.78 is 46.3. The van der Waals surface area contributed by atoms with Gasteiger partial charge in [0.1, 0.15) is 11.1 Å².